The van der Waals surface area contributed by atoms with E-state index in [-0.39, 0.29) is 15.4 Å². The van der Waals surface area contributed by atoms with E-state index in [1.54, 1.807) is 50.2 Å². The lowest BCUT2D eigenvalue weighted by Crippen LogP contribution is -2.18. The minimum Gasteiger partial charge on any atom is -0.497 e. The Morgan fingerprint density at radius 2 is 1.30 bits per heavy atom. The highest BCUT2D eigenvalue weighted by Crippen LogP contribution is 2.25. The van der Waals surface area contributed by atoms with Gasteiger partial charge in [-0.1, -0.05) is 18.2 Å². The third-order valence-electron chi connectivity index (χ3n) is 6.14. The van der Waals surface area contributed by atoms with Crippen LogP contribution in [0.3, 0.4) is 0 Å². The molecule has 0 aliphatic rings. The zero-order valence-electron chi connectivity index (χ0n) is 22.3. The summed E-state index contributed by atoms with van der Waals surface area (Å²) in [6.45, 7) is 5.32. The molecule has 0 aliphatic carbocycles. The summed E-state index contributed by atoms with van der Waals surface area (Å²) >= 11 is 0. The first-order valence-electron chi connectivity index (χ1n) is 12.2. The van der Waals surface area contributed by atoms with Crippen LogP contribution in [0, 0.1) is 20.8 Å². The van der Waals surface area contributed by atoms with Crippen LogP contribution in [0.1, 0.15) is 27.0 Å². The molecule has 11 heteroatoms. The van der Waals surface area contributed by atoms with Gasteiger partial charge in [0, 0.05) is 16.9 Å². The first kappa shape index (κ1) is 28.7. The molecule has 0 aliphatic heterocycles. The standard InChI is InChI=1S/C29H29N3O6S2/c1-19-5-6-20(2)27(17-19)32-40(36,37)28-18-22(8-7-21(28)3)29(33)30-23-11-15-26(16-12-23)39(34,35)31-24-9-13-25(38-4)14-10-24/h5-18,31-32H,1-4H3,(H,30,33). The van der Waals surface area contributed by atoms with Gasteiger partial charge in [-0.3, -0.25) is 14.2 Å². The van der Waals surface area contributed by atoms with E-state index in [1.807, 2.05) is 19.1 Å². The Morgan fingerprint density at radius 1 is 0.675 bits per heavy atom. The van der Waals surface area contributed by atoms with Crippen LogP contribution in [0.15, 0.2) is 94.7 Å². The van der Waals surface area contributed by atoms with Gasteiger partial charge in [0.1, 0.15) is 5.75 Å². The Labute approximate surface area is 234 Å². The van der Waals surface area contributed by atoms with E-state index in [1.165, 1.54) is 43.5 Å². The number of nitrogens with one attached hydrogen (secondary N) is 3. The number of hydrogen-bond acceptors (Lipinski definition) is 6. The molecule has 0 aromatic heterocycles. The molecule has 0 radical (unpaired) electrons. The number of benzene rings is 4. The van der Waals surface area contributed by atoms with Gasteiger partial charge in [0.15, 0.2) is 0 Å². The summed E-state index contributed by atoms with van der Waals surface area (Å²) in [4.78, 5) is 13.0. The van der Waals surface area contributed by atoms with Crippen molar-refractivity contribution in [1.82, 2.24) is 0 Å². The predicted molar refractivity (Wildman–Crippen MR) is 156 cm³/mol. The maximum atomic E-state index is 13.2. The molecule has 0 unspecified atom stereocenters. The number of amides is 1. The maximum absolute atomic E-state index is 13.2. The molecule has 0 spiro atoms. The molecule has 0 fully saturated rings. The van der Waals surface area contributed by atoms with Crippen molar-refractivity contribution in [2.24, 2.45) is 0 Å². The fourth-order valence-electron chi connectivity index (χ4n) is 3.87. The zero-order valence-corrected chi connectivity index (χ0v) is 24.0. The molecule has 208 valence electrons. The van der Waals surface area contributed by atoms with Gasteiger partial charge in [-0.2, -0.15) is 0 Å². The summed E-state index contributed by atoms with van der Waals surface area (Å²) in [5.74, 6) is 0.0501. The van der Waals surface area contributed by atoms with Crippen LogP contribution >= 0.6 is 0 Å². The van der Waals surface area contributed by atoms with Gasteiger partial charge >= 0.3 is 0 Å². The number of aryl methyl sites for hydroxylation is 3. The predicted octanol–water partition coefficient (Wildman–Crippen LogP) is 5.47. The second-order valence-electron chi connectivity index (χ2n) is 9.22. The van der Waals surface area contributed by atoms with Crippen LogP contribution in [0.4, 0.5) is 17.1 Å². The van der Waals surface area contributed by atoms with Crippen molar-refractivity contribution in [2.45, 2.75) is 30.6 Å². The molecule has 4 rings (SSSR count). The third kappa shape index (κ3) is 6.61. The SMILES string of the molecule is COc1ccc(NS(=O)(=O)c2ccc(NC(=O)c3ccc(C)c(S(=O)(=O)Nc4cc(C)ccc4C)c3)cc2)cc1. The minimum atomic E-state index is -3.97. The van der Waals surface area contributed by atoms with Crippen molar-refractivity contribution in [3.05, 3.63) is 107 Å². The van der Waals surface area contributed by atoms with Crippen molar-refractivity contribution in [1.29, 1.82) is 0 Å². The minimum absolute atomic E-state index is 0.00236. The molecule has 0 bridgehead atoms. The molecule has 3 N–H and O–H groups in total. The number of hydrogen-bond donors (Lipinski definition) is 3. The molecular weight excluding hydrogens is 550 g/mol. The molecule has 0 heterocycles. The summed E-state index contributed by atoms with van der Waals surface area (Å²) in [5, 5.41) is 2.68. The van der Waals surface area contributed by atoms with Crippen molar-refractivity contribution in [2.75, 3.05) is 21.9 Å². The summed E-state index contributed by atoms with van der Waals surface area (Å²) in [5.41, 5.74) is 3.46. The highest BCUT2D eigenvalue weighted by molar-refractivity contribution is 7.93. The number of sulfonamides is 2. The lowest BCUT2D eigenvalue weighted by atomic mass is 10.1. The van der Waals surface area contributed by atoms with E-state index >= 15 is 0 Å². The van der Waals surface area contributed by atoms with Crippen LogP contribution in [-0.2, 0) is 20.0 Å². The number of methoxy groups -OCH3 is 1. The van der Waals surface area contributed by atoms with E-state index in [2.05, 4.69) is 14.8 Å². The molecule has 0 saturated carbocycles. The average Bonchev–Trinajstić information content (AvgIpc) is 2.91. The fraction of sp³-hybridized carbons (Fsp3) is 0.138. The molecule has 4 aromatic carbocycles. The lowest BCUT2D eigenvalue weighted by Gasteiger charge is -2.14. The Balaban J connectivity index is 1.49. The molecule has 40 heavy (non-hydrogen) atoms. The third-order valence-corrected chi connectivity index (χ3v) is 9.05. The summed E-state index contributed by atoms with van der Waals surface area (Å²) < 4.78 is 62.1. The molecule has 4 aromatic rings. The van der Waals surface area contributed by atoms with Gasteiger partial charge in [-0.25, -0.2) is 16.8 Å². The van der Waals surface area contributed by atoms with Crippen molar-refractivity contribution >= 4 is 43.0 Å². The number of carbonyl (C=O) groups is 1. The van der Waals surface area contributed by atoms with Crippen molar-refractivity contribution < 1.29 is 26.4 Å². The first-order chi connectivity index (χ1) is 18.9. The molecular formula is C29H29N3O6S2. The van der Waals surface area contributed by atoms with Crippen LogP contribution < -0.4 is 19.5 Å². The average molecular weight is 580 g/mol. The van der Waals surface area contributed by atoms with Crippen molar-refractivity contribution in [3.8, 4) is 5.75 Å². The molecule has 1 amide bonds. The smallest absolute Gasteiger partial charge is 0.262 e. The van der Waals surface area contributed by atoms with E-state index in [4.69, 9.17) is 4.74 Å². The zero-order chi connectivity index (χ0) is 29.1. The largest absolute Gasteiger partial charge is 0.497 e. The Hall–Kier alpha value is -4.35. The summed E-state index contributed by atoms with van der Waals surface area (Å²) in [7, 11) is -6.32. The van der Waals surface area contributed by atoms with E-state index in [9.17, 15) is 21.6 Å². The number of carbonyl (C=O) groups excluding carboxylic acids is 1. The van der Waals surface area contributed by atoms with E-state index in [0.717, 1.165) is 11.1 Å². The number of ether oxygens (including phenoxy) is 1. The Bertz CT molecular complexity index is 1770. The quantitative estimate of drug-likeness (QED) is 0.241. The van der Waals surface area contributed by atoms with Crippen LogP contribution in [0.2, 0.25) is 0 Å². The van der Waals surface area contributed by atoms with Gasteiger partial charge in [0.2, 0.25) is 0 Å². The monoisotopic (exact) mass is 579 g/mol. The normalized spacial score (nSPS) is 11.5. The summed E-state index contributed by atoms with van der Waals surface area (Å²) in [6, 6.07) is 21.9. The highest BCUT2D eigenvalue weighted by atomic mass is 32.2. The lowest BCUT2D eigenvalue weighted by molar-refractivity contribution is 0.102. The molecule has 0 saturated heterocycles. The van der Waals surface area contributed by atoms with Gasteiger partial charge in [0.25, 0.3) is 26.0 Å². The number of anilines is 3. The second-order valence-corrected chi connectivity index (χ2v) is 12.5. The highest BCUT2D eigenvalue weighted by Gasteiger charge is 2.21. The summed E-state index contributed by atoms with van der Waals surface area (Å²) in [6.07, 6.45) is 0. The van der Waals surface area contributed by atoms with Gasteiger partial charge in [0.05, 0.1) is 22.6 Å². The Kier molecular flexibility index (Phi) is 8.17. The van der Waals surface area contributed by atoms with Crippen LogP contribution in [0.25, 0.3) is 0 Å². The van der Waals surface area contributed by atoms with Crippen LogP contribution in [0.5, 0.6) is 5.75 Å². The van der Waals surface area contributed by atoms with E-state index < -0.39 is 26.0 Å². The van der Waals surface area contributed by atoms with Gasteiger partial charge in [-0.15, -0.1) is 0 Å². The van der Waals surface area contributed by atoms with Crippen molar-refractivity contribution in [3.63, 3.8) is 0 Å². The van der Waals surface area contributed by atoms with E-state index in [0.29, 0.717) is 28.4 Å². The maximum Gasteiger partial charge on any atom is 0.262 e. The molecule has 0 atom stereocenters. The fourth-order valence-corrected chi connectivity index (χ4v) is 6.32. The second kappa shape index (κ2) is 11.4. The first-order valence-corrected chi connectivity index (χ1v) is 15.1. The number of rotatable bonds is 9. The Morgan fingerprint density at radius 3 is 1.95 bits per heavy atom. The topological polar surface area (TPSA) is 131 Å². The molecule has 9 nitrogen and oxygen atoms in total. The van der Waals surface area contributed by atoms with Gasteiger partial charge in [-0.05, 0) is 104 Å². The van der Waals surface area contributed by atoms with Gasteiger partial charge < -0.3 is 10.1 Å². The van der Waals surface area contributed by atoms with Crippen LogP contribution in [-0.4, -0.2) is 29.9 Å².